The molecule has 3 aliphatic rings. The van der Waals surface area contributed by atoms with Gasteiger partial charge in [0, 0.05) is 25.7 Å². The molecule has 7 unspecified atom stereocenters. The quantitative estimate of drug-likeness (QED) is 0.486. The predicted octanol–water partition coefficient (Wildman–Crippen LogP) is 0.983. The third-order valence-corrected chi connectivity index (χ3v) is 7.17. The molecule has 2 N–H and O–H groups in total. The molecule has 1 aliphatic heterocycles. The number of rotatable bonds is 4. The van der Waals surface area contributed by atoms with Crippen LogP contribution in [0.1, 0.15) is 60.8 Å². The summed E-state index contributed by atoms with van der Waals surface area (Å²) in [4.78, 5) is 49.7. The van der Waals surface area contributed by atoms with Crippen LogP contribution in [0.15, 0.2) is 11.1 Å². The van der Waals surface area contributed by atoms with Gasteiger partial charge in [0.1, 0.15) is 11.7 Å². The lowest BCUT2D eigenvalue weighted by atomic mass is 9.75. The maximum Gasteiger partial charge on any atom is 0.341 e. The van der Waals surface area contributed by atoms with Crippen molar-refractivity contribution in [2.45, 2.75) is 89.8 Å². The van der Waals surface area contributed by atoms with Gasteiger partial charge in [0.15, 0.2) is 23.1 Å². The minimum Gasteiger partial charge on any atom is -0.459 e. The molecule has 1 heterocycles. The zero-order chi connectivity index (χ0) is 23.5. The Bertz CT molecular complexity index is 872. The normalized spacial score (nSPS) is 40.6. The van der Waals surface area contributed by atoms with Crippen molar-refractivity contribution in [1.29, 1.82) is 0 Å². The van der Waals surface area contributed by atoms with Crippen LogP contribution in [0.4, 0.5) is 0 Å². The monoisotopic (exact) mass is 438 g/mol. The Morgan fingerprint density at radius 2 is 1.87 bits per heavy atom. The Hall–Kier alpha value is -2.26. The van der Waals surface area contributed by atoms with Crippen molar-refractivity contribution in [1.82, 2.24) is 0 Å². The number of esters is 3. The van der Waals surface area contributed by atoms with Crippen molar-refractivity contribution < 1.29 is 43.6 Å². The first-order chi connectivity index (χ1) is 14.2. The van der Waals surface area contributed by atoms with E-state index in [9.17, 15) is 29.4 Å². The van der Waals surface area contributed by atoms with Crippen molar-refractivity contribution in [3.63, 3.8) is 0 Å². The second kappa shape index (κ2) is 7.41. The van der Waals surface area contributed by atoms with E-state index in [-0.39, 0.29) is 29.8 Å². The van der Waals surface area contributed by atoms with Crippen LogP contribution in [-0.2, 0) is 33.4 Å². The lowest BCUT2D eigenvalue weighted by Crippen LogP contribution is -2.64. The molecule has 0 aromatic rings. The number of Topliss-reactive ketones (excluding diaryl/α,β-unsaturated/α-hetero) is 1. The lowest BCUT2D eigenvalue weighted by Gasteiger charge is -2.41. The van der Waals surface area contributed by atoms with E-state index < -0.39 is 58.8 Å². The zero-order valence-electron chi connectivity index (χ0n) is 18.7. The third-order valence-electron chi connectivity index (χ3n) is 7.17. The minimum atomic E-state index is -2.43. The summed E-state index contributed by atoms with van der Waals surface area (Å²) in [5.41, 5.74) is -5.61. The van der Waals surface area contributed by atoms with Crippen LogP contribution in [0.5, 0.6) is 0 Å². The molecule has 0 amide bonds. The molecule has 0 bridgehead atoms. The van der Waals surface area contributed by atoms with Crippen molar-refractivity contribution >= 4 is 23.7 Å². The van der Waals surface area contributed by atoms with Gasteiger partial charge in [-0.1, -0.05) is 13.8 Å². The number of ether oxygens (including phenoxy) is 3. The Labute approximate surface area is 180 Å². The van der Waals surface area contributed by atoms with Gasteiger partial charge in [-0.15, -0.1) is 0 Å². The molecular formula is C22H30O9. The van der Waals surface area contributed by atoms with Gasteiger partial charge in [0.25, 0.3) is 0 Å². The number of ketones is 1. The molecule has 172 valence electrons. The molecule has 9 nitrogen and oxygen atoms in total. The fourth-order valence-corrected chi connectivity index (χ4v) is 4.97. The van der Waals surface area contributed by atoms with Gasteiger partial charge in [-0.05, 0) is 38.3 Å². The molecule has 2 fully saturated rings. The molecule has 9 heteroatoms. The highest BCUT2D eigenvalue weighted by atomic mass is 16.6. The van der Waals surface area contributed by atoms with Gasteiger partial charge < -0.3 is 24.4 Å². The highest BCUT2D eigenvalue weighted by Gasteiger charge is 2.74. The second-order valence-electron chi connectivity index (χ2n) is 9.29. The van der Waals surface area contributed by atoms with Crippen LogP contribution in [0, 0.1) is 11.8 Å². The van der Waals surface area contributed by atoms with Gasteiger partial charge in [-0.2, -0.15) is 0 Å². The van der Waals surface area contributed by atoms with Crippen LogP contribution < -0.4 is 0 Å². The van der Waals surface area contributed by atoms with E-state index in [4.69, 9.17) is 14.2 Å². The summed E-state index contributed by atoms with van der Waals surface area (Å²) in [6, 6.07) is 0. The largest absolute Gasteiger partial charge is 0.459 e. The molecule has 31 heavy (non-hydrogen) atoms. The molecular weight excluding hydrogens is 408 g/mol. The molecule has 0 aromatic carbocycles. The molecule has 2 aliphatic carbocycles. The van der Waals surface area contributed by atoms with E-state index in [0.29, 0.717) is 6.42 Å². The Balaban J connectivity index is 2.23. The van der Waals surface area contributed by atoms with Gasteiger partial charge in [0.05, 0.1) is 5.92 Å². The van der Waals surface area contributed by atoms with E-state index >= 15 is 0 Å². The number of aliphatic hydroxyl groups is 2. The molecule has 0 aromatic heterocycles. The third kappa shape index (κ3) is 3.29. The lowest BCUT2D eigenvalue weighted by molar-refractivity contribution is -0.212. The van der Waals surface area contributed by atoms with Crippen molar-refractivity contribution in [3.8, 4) is 0 Å². The maximum atomic E-state index is 12.7. The van der Waals surface area contributed by atoms with E-state index in [1.807, 2.05) is 0 Å². The molecule has 0 radical (unpaired) electrons. The highest BCUT2D eigenvalue weighted by molar-refractivity contribution is 6.00. The average molecular weight is 438 g/mol. The fourth-order valence-electron chi connectivity index (χ4n) is 4.97. The molecule has 7 atom stereocenters. The molecule has 1 saturated heterocycles. The first kappa shape index (κ1) is 23.4. The van der Waals surface area contributed by atoms with Gasteiger partial charge in [-0.3, -0.25) is 14.4 Å². The Kier molecular flexibility index (Phi) is 5.59. The summed E-state index contributed by atoms with van der Waals surface area (Å²) in [7, 11) is 0. The standard InChI is InChI=1S/C22H30O9/c1-7-10(2)18(25)29-15-9-20(5,31-12(4)23)13-8-14(24)11(3)16(13)17-22(15,28)21(6,27)19(26)30-17/h10,13,15,17,27-28H,7-9H2,1-6H3. The summed E-state index contributed by atoms with van der Waals surface area (Å²) in [5.74, 6) is -3.79. The summed E-state index contributed by atoms with van der Waals surface area (Å²) in [5, 5.41) is 22.8. The van der Waals surface area contributed by atoms with E-state index in [0.717, 1.165) is 6.92 Å². The number of hydrogen-bond acceptors (Lipinski definition) is 9. The predicted molar refractivity (Wildman–Crippen MR) is 105 cm³/mol. The first-order valence-electron chi connectivity index (χ1n) is 10.5. The number of fused-ring (bicyclic) bond motifs is 3. The number of carbonyl (C=O) groups is 4. The Morgan fingerprint density at radius 3 is 2.42 bits per heavy atom. The van der Waals surface area contributed by atoms with Crippen LogP contribution >= 0.6 is 0 Å². The molecule has 3 rings (SSSR count). The second-order valence-corrected chi connectivity index (χ2v) is 9.29. The fraction of sp³-hybridized carbons (Fsp3) is 0.727. The first-order valence-corrected chi connectivity index (χ1v) is 10.5. The van der Waals surface area contributed by atoms with Crippen molar-refractivity contribution in [2.75, 3.05) is 0 Å². The summed E-state index contributed by atoms with van der Waals surface area (Å²) >= 11 is 0. The highest BCUT2D eigenvalue weighted by Crippen LogP contribution is 2.55. The molecule has 0 spiro atoms. The van der Waals surface area contributed by atoms with Crippen LogP contribution in [0.25, 0.3) is 0 Å². The summed E-state index contributed by atoms with van der Waals surface area (Å²) in [6.45, 7) is 8.89. The van der Waals surface area contributed by atoms with Crippen molar-refractivity contribution in [2.24, 2.45) is 11.8 Å². The van der Waals surface area contributed by atoms with Crippen LogP contribution in [-0.4, -0.2) is 62.9 Å². The van der Waals surface area contributed by atoms with Gasteiger partial charge >= 0.3 is 17.9 Å². The van der Waals surface area contributed by atoms with E-state index in [2.05, 4.69) is 0 Å². The zero-order valence-corrected chi connectivity index (χ0v) is 18.7. The van der Waals surface area contributed by atoms with Crippen molar-refractivity contribution in [3.05, 3.63) is 11.1 Å². The summed E-state index contributed by atoms with van der Waals surface area (Å²) < 4.78 is 16.7. The number of hydrogen-bond donors (Lipinski definition) is 2. The van der Waals surface area contributed by atoms with E-state index in [1.54, 1.807) is 27.7 Å². The van der Waals surface area contributed by atoms with E-state index in [1.165, 1.54) is 6.92 Å². The maximum absolute atomic E-state index is 12.7. The van der Waals surface area contributed by atoms with Crippen LogP contribution in [0.2, 0.25) is 0 Å². The average Bonchev–Trinajstić information content (AvgIpc) is 3.03. The SMILES string of the molecule is CCC(C)C(=O)OC1CC(C)(OC(C)=O)C2CC(=O)C(C)=C2C2OC(=O)C(C)(O)C12O. The number of carbonyl (C=O) groups excluding carboxylic acids is 4. The minimum absolute atomic E-state index is 0.0246. The smallest absolute Gasteiger partial charge is 0.341 e. The number of allylic oxidation sites excluding steroid dienone is 1. The molecule has 1 saturated carbocycles. The topological polar surface area (TPSA) is 136 Å². The van der Waals surface area contributed by atoms with Gasteiger partial charge in [0.2, 0.25) is 0 Å². The Morgan fingerprint density at radius 1 is 1.26 bits per heavy atom. The van der Waals surface area contributed by atoms with Crippen LogP contribution in [0.3, 0.4) is 0 Å². The summed E-state index contributed by atoms with van der Waals surface area (Å²) in [6.07, 6.45) is -2.65. The van der Waals surface area contributed by atoms with Gasteiger partial charge in [-0.25, -0.2) is 4.79 Å².